The van der Waals surface area contributed by atoms with E-state index in [1.54, 1.807) is 6.08 Å². The Balaban J connectivity index is 3.03. The summed E-state index contributed by atoms with van der Waals surface area (Å²) in [4.78, 5) is 21.5. The van der Waals surface area contributed by atoms with Crippen molar-refractivity contribution < 1.29 is 19.2 Å². The maximum Gasteiger partial charge on any atom is 0.337 e. The standard InChI is InChI=1S/C12H13NO5/c1-3-4-7-18-11-8-9(12(14)17-2)5-6-10(11)13(15)16/h3,5-6,8H,1,4,7H2,2H3. The van der Waals surface area contributed by atoms with Crippen LogP contribution in [0.2, 0.25) is 0 Å². The number of nitro benzene ring substituents is 1. The summed E-state index contributed by atoms with van der Waals surface area (Å²) < 4.78 is 9.79. The molecule has 0 aliphatic carbocycles. The van der Waals surface area contributed by atoms with Gasteiger partial charge in [-0.3, -0.25) is 10.1 Å². The fraction of sp³-hybridized carbons (Fsp3) is 0.250. The van der Waals surface area contributed by atoms with Gasteiger partial charge in [0.1, 0.15) is 0 Å². The van der Waals surface area contributed by atoms with Crippen LogP contribution in [0.1, 0.15) is 16.8 Å². The van der Waals surface area contributed by atoms with Gasteiger partial charge in [-0.15, -0.1) is 6.58 Å². The number of hydrogen-bond acceptors (Lipinski definition) is 5. The number of ether oxygens (including phenoxy) is 2. The molecule has 1 rings (SSSR count). The molecule has 0 spiro atoms. The molecule has 0 aliphatic heterocycles. The number of benzene rings is 1. The first kappa shape index (κ1) is 13.7. The lowest BCUT2D eigenvalue weighted by atomic mass is 10.2. The molecule has 0 aromatic heterocycles. The second-order valence-electron chi connectivity index (χ2n) is 3.36. The molecule has 0 radical (unpaired) electrons. The number of nitrogens with zero attached hydrogens (tertiary/aromatic N) is 1. The van der Waals surface area contributed by atoms with Crippen molar-refractivity contribution in [3.8, 4) is 5.75 Å². The van der Waals surface area contributed by atoms with Crippen LogP contribution in [-0.2, 0) is 4.74 Å². The summed E-state index contributed by atoms with van der Waals surface area (Å²) in [5.41, 5.74) is 0.0171. The van der Waals surface area contributed by atoms with Crippen molar-refractivity contribution in [1.29, 1.82) is 0 Å². The minimum absolute atomic E-state index is 0.0461. The number of carbonyl (C=O) groups is 1. The van der Waals surface area contributed by atoms with E-state index in [9.17, 15) is 14.9 Å². The number of methoxy groups -OCH3 is 1. The fourth-order valence-electron chi connectivity index (χ4n) is 1.28. The highest BCUT2D eigenvalue weighted by Crippen LogP contribution is 2.28. The van der Waals surface area contributed by atoms with Crippen LogP contribution in [0.3, 0.4) is 0 Å². The van der Waals surface area contributed by atoms with Gasteiger partial charge in [0.15, 0.2) is 5.75 Å². The van der Waals surface area contributed by atoms with Crippen LogP contribution in [0.5, 0.6) is 5.75 Å². The minimum Gasteiger partial charge on any atom is -0.486 e. The monoisotopic (exact) mass is 251 g/mol. The minimum atomic E-state index is -0.571. The van der Waals surface area contributed by atoms with E-state index >= 15 is 0 Å². The Morgan fingerprint density at radius 3 is 2.83 bits per heavy atom. The summed E-state index contributed by atoms with van der Waals surface area (Å²) in [6, 6.07) is 3.84. The molecule has 0 unspecified atom stereocenters. The lowest BCUT2D eigenvalue weighted by Crippen LogP contribution is -2.04. The molecule has 0 atom stereocenters. The average molecular weight is 251 g/mol. The van der Waals surface area contributed by atoms with Crippen molar-refractivity contribution in [3.05, 3.63) is 46.5 Å². The Morgan fingerprint density at radius 1 is 1.56 bits per heavy atom. The molecule has 96 valence electrons. The molecule has 0 fully saturated rings. The van der Waals surface area contributed by atoms with Gasteiger partial charge in [0.05, 0.1) is 24.2 Å². The van der Waals surface area contributed by atoms with Gasteiger partial charge < -0.3 is 9.47 Å². The third kappa shape index (κ3) is 3.31. The number of carbonyl (C=O) groups excluding carboxylic acids is 1. The van der Waals surface area contributed by atoms with E-state index in [0.717, 1.165) is 0 Å². The number of esters is 1. The Bertz CT molecular complexity index is 470. The largest absolute Gasteiger partial charge is 0.486 e. The molecule has 1 aromatic rings. The number of rotatable bonds is 6. The van der Waals surface area contributed by atoms with Crippen LogP contribution in [0.15, 0.2) is 30.9 Å². The molecule has 0 amide bonds. The first-order chi connectivity index (χ1) is 8.60. The lowest BCUT2D eigenvalue weighted by molar-refractivity contribution is -0.385. The Morgan fingerprint density at radius 2 is 2.28 bits per heavy atom. The van der Waals surface area contributed by atoms with Gasteiger partial charge in [-0.1, -0.05) is 6.08 Å². The molecule has 0 bridgehead atoms. The van der Waals surface area contributed by atoms with Gasteiger partial charge in [0.25, 0.3) is 0 Å². The van der Waals surface area contributed by atoms with Gasteiger partial charge >= 0.3 is 11.7 Å². The zero-order chi connectivity index (χ0) is 13.5. The molecule has 6 heteroatoms. The molecule has 6 nitrogen and oxygen atoms in total. The van der Waals surface area contributed by atoms with Gasteiger partial charge in [0, 0.05) is 12.1 Å². The SMILES string of the molecule is C=CCCOc1cc(C(=O)OC)ccc1[N+](=O)[O-]. The van der Waals surface area contributed by atoms with E-state index in [1.165, 1.54) is 25.3 Å². The van der Waals surface area contributed by atoms with E-state index in [2.05, 4.69) is 11.3 Å². The highest BCUT2D eigenvalue weighted by molar-refractivity contribution is 5.90. The predicted octanol–water partition coefficient (Wildman–Crippen LogP) is 2.34. The van der Waals surface area contributed by atoms with Crippen LogP contribution in [0, 0.1) is 10.1 Å². The van der Waals surface area contributed by atoms with Crippen molar-refractivity contribution in [2.24, 2.45) is 0 Å². The lowest BCUT2D eigenvalue weighted by Gasteiger charge is -2.07. The summed E-state index contributed by atoms with van der Waals surface area (Å²) >= 11 is 0. The molecule has 0 saturated heterocycles. The molecule has 0 aliphatic rings. The van der Waals surface area contributed by atoms with Gasteiger partial charge in [-0.25, -0.2) is 4.79 Å². The maximum atomic E-state index is 11.3. The molecule has 1 aromatic carbocycles. The molecular formula is C12H13NO5. The van der Waals surface area contributed by atoms with Crippen molar-refractivity contribution >= 4 is 11.7 Å². The summed E-state index contributed by atoms with van der Waals surface area (Å²) in [5.74, 6) is -0.525. The Hall–Kier alpha value is -2.37. The highest BCUT2D eigenvalue weighted by Gasteiger charge is 2.18. The zero-order valence-electron chi connectivity index (χ0n) is 9.92. The van der Waals surface area contributed by atoms with Crippen LogP contribution in [0.4, 0.5) is 5.69 Å². The van der Waals surface area contributed by atoms with Crippen molar-refractivity contribution in [1.82, 2.24) is 0 Å². The molecular weight excluding hydrogens is 238 g/mol. The van der Waals surface area contributed by atoms with Crippen molar-refractivity contribution in [2.75, 3.05) is 13.7 Å². The molecule has 0 N–H and O–H groups in total. The Labute approximate surface area is 104 Å². The third-order valence-corrected chi connectivity index (χ3v) is 2.16. The topological polar surface area (TPSA) is 78.7 Å². The summed E-state index contributed by atoms with van der Waals surface area (Å²) in [6.07, 6.45) is 2.19. The van der Waals surface area contributed by atoms with Crippen molar-refractivity contribution in [3.63, 3.8) is 0 Å². The normalized spacial score (nSPS) is 9.61. The van der Waals surface area contributed by atoms with E-state index in [1.807, 2.05) is 0 Å². The zero-order valence-corrected chi connectivity index (χ0v) is 9.92. The molecule has 18 heavy (non-hydrogen) atoms. The number of hydrogen-bond donors (Lipinski definition) is 0. The van der Waals surface area contributed by atoms with Crippen LogP contribution >= 0.6 is 0 Å². The van der Waals surface area contributed by atoms with Crippen LogP contribution in [0.25, 0.3) is 0 Å². The van der Waals surface area contributed by atoms with Crippen LogP contribution < -0.4 is 4.74 Å². The maximum absolute atomic E-state index is 11.3. The second kappa shape index (κ2) is 6.39. The fourth-order valence-corrected chi connectivity index (χ4v) is 1.28. The number of nitro groups is 1. The third-order valence-electron chi connectivity index (χ3n) is 2.16. The summed E-state index contributed by atoms with van der Waals surface area (Å²) in [7, 11) is 1.24. The van der Waals surface area contributed by atoms with E-state index in [-0.39, 0.29) is 23.6 Å². The average Bonchev–Trinajstić information content (AvgIpc) is 2.37. The second-order valence-corrected chi connectivity index (χ2v) is 3.36. The van der Waals surface area contributed by atoms with Gasteiger partial charge in [-0.05, 0) is 12.5 Å². The summed E-state index contributed by atoms with van der Waals surface area (Å²) in [5, 5.41) is 10.8. The molecule has 0 saturated carbocycles. The molecule has 0 heterocycles. The summed E-state index contributed by atoms with van der Waals surface area (Å²) in [6.45, 7) is 3.78. The first-order valence-corrected chi connectivity index (χ1v) is 5.20. The van der Waals surface area contributed by atoms with Gasteiger partial charge in [-0.2, -0.15) is 0 Å². The quantitative estimate of drug-likeness (QED) is 0.255. The van der Waals surface area contributed by atoms with E-state index in [0.29, 0.717) is 6.42 Å². The highest BCUT2D eigenvalue weighted by atomic mass is 16.6. The van der Waals surface area contributed by atoms with Gasteiger partial charge in [0.2, 0.25) is 0 Å². The predicted molar refractivity (Wildman–Crippen MR) is 64.7 cm³/mol. The first-order valence-electron chi connectivity index (χ1n) is 5.20. The van der Waals surface area contributed by atoms with Crippen molar-refractivity contribution in [2.45, 2.75) is 6.42 Å². The smallest absolute Gasteiger partial charge is 0.337 e. The Kier molecular flexibility index (Phi) is 4.86. The van der Waals surface area contributed by atoms with E-state index in [4.69, 9.17) is 4.74 Å². The van der Waals surface area contributed by atoms with E-state index < -0.39 is 10.9 Å². The van der Waals surface area contributed by atoms with Crippen LogP contribution in [-0.4, -0.2) is 24.6 Å².